The van der Waals surface area contributed by atoms with Crippen molar-refractivity contribution in [1.29, 1.82) is 0 Å². The second kappa shape index (κ2) is 5.78. The molecule has 0 radical (unpaired) electrons. The maximum absolute atomic E-state index is 6.04. The zero-order valence-corrected chi connectivity index (χ0v) is 13.1. The van der Waals surface area contributed by atoms with Gasteiger partial charge in [-0.25, -0.2) is 0 Å². The van der Waals surface area contributed by atoms with Crippen LogP contribution in [0.2, 0.25) is 5.02 Å². The Balaban J connectivity index is 1.77. The molecule has 112 valence electrons. The molecule has 0 unspecified atom stereocenters. The fourth-order valence-corrected chi connectivity index (χ4v) is 2.86. The summed E-state index contributed by atoms with van der Waals surface area (Å²) < 4.78 is 10.9. The molecule has 0 bridgehead atoms. The first-order valence-electron chi connectivity index (χ1n) is 7.21. The maximum atomic E-state index is 6.04. The van der Waals surface area contributed by atoms with E-state index in [2.05, 4.69) is 30.1 Å². The Morgan fingerprint density at radius 2 is 2.24 bits per heavy atom. The van der Waals surface area contributed by atoms with Gasteiger partial charge in [0.15, 0.2) is 5.82 Å². The quantitative estimate of drug-likeness (QED) is 0.863. The van der Waals surface area contributed by atoms with Crippen LogP contribution < -0.4 is 0 Å². The molecule has 0 N–H and O–H groups in total. The lowest BCUT2D eigenvalue weighted by molar-refractivity contribution is 0.192. The van der Waals surface area contributed by atoms with Crippen molar-refractivity contribution in [3.8, 4) is 0 Å². The molecule has 21 heavy (non-hydrogen) atoms. The second-order valence-electron chi connectivity index (χ2n) is 6.21. The van der Waals surface area contributed by atoms with E-state index in [1.165, 1.54) is 0 Å². The van der Waals surface area contributed by atoms with Crippen LogP contribution in [-0.2, 0) is 16.6 Å². The predicted molar refractivity (Wildman–Crippen MR) is 80.7 cm³/mol. The summed E-state index contributed by atoms with van der Waals surface area (Å²) in [5.74, 6) is 1.70. The van der Waals surface area contributed by atoms with Crippen LogP contribution in [-0.4, -0.2) is 23.4 Å². The monoisotopic (exact) mass is 306 g/mol. The summed E-state index contributed by atoms with van der Waals surface area (Å²) in [4.78, 5) is 4.59. The maximum Gasteiger partial charge on any atom is 0.232 e. The van der Waals surface area contributed by atoms with Crippen molar-refractivity contribution in [3.63, 3.8) is 0 Å². The largest absolute Gasteiger partial charge is 0.381 e. The van der Waals surface area contributed by atoms with E-state index in [-0.39, 0.29) is 11.3 Å². The lowest BCUT2D eigenvalue weighted by atomic mass is 9.85. The minimum absolute atomic E-state index is 0.227. The van der Waals surface area contributed by atoms with Gasteiger partial charge in [0.25, 0.3) is 0 Å². The lowest BCUT2D eigenvalue weighted by Gasteiger charge is -2.19. The molecule has 1 aliphatic heterocycles. The molecule has 1 fully saturated rings. The van der Waals surface area contributed by atoms with Crippen molar-refractivity contribution in [2.24, 2.45) is 0 Å². The van der Waals surface area contributed by atoms with Crippen molar-refractivity contribution in [1.82, 2.24) is 10.1 Å². The smallest absolute Gasteiger partial charge is 0.232 e. The minimum atomic E-state index is -0.227. The average molecular weight is 307 g/mol. The minimum Gasteiger partial charge on any atom is -0.381 e. The number of nitrogens with zero attached hydrogens (tertiary/aromatic N) is 2. The fourth-order valence-electron chi connectivity index (χ4n) is 2.65. The van der Waals surface area contributed by atoms with Gasteiger partial charge in [-0.1, -0.05) is 42.7 Å². The van der Waals surface area contributed by atoms with Crippen LogP contribution in [0.1, 0.15) is 43.5 Å². The van der Waals surface area contributed by atoms with E-state index in [9.17, 15) is 0 Å². The number of halogens is 1. The molecule has 0 amide bonds. The summed E-state index contributed by atoms with van der Waals surface area (Å²) in [5.41, 5.74) is 0.937. The molecule has 0 aliphatic carbocycles. The molecule has 2 aromatic rings. The first kappa shape index (κ1) is 14.5. The van der Waals surface area contributed by atoms with Crippen LogP contribution in [0, 0.1) is 0 Å². The number of hydrogen-bond donors (Lipinski definition) is 0. The highest BCUT2D eigenvalue weighted by Crippen LogP contribution is 2.30. The van der Waals surface area contributed by atoms with Crippen LogP contribution >= 0.6 is 11.6 Å². The SMILES string of the molecule is CC(C)(Cc1cccc(Cl)c1)c1nc([C@@H]2CCOC2)no1. The third-order valence-electron chi connectivity index (χ3n) is 3.85. The van der Waals surface area contributed by atoms with Gasteiger partial charge in [0, 0.05) is 23.0 Å². The normalized spacial score (nSPS) is 19.1. The molecule has 1 aromatic heterocycles. The van der Waals surface area contributed by atoms with Gasteiger partial charge in [-0.2, -0.15) is 4.98 Å². The van der Waals surface area contributed by atoms with E-state index in [0.29, 0.717) is 12.5 Å². The van der Waals surface area contributed by atoms with Crippen LogP contribution in [0.15, 0.2) is 28.8 Å². The Hall–Kier alpha value is -1.39. The number of aromatic nitrogens is 2. The lowest BCUT2D eigenvalue weighted by Crippen LogP contribution is -2.21. The fraction of sp³-hybridized carbons (Fsp3) is 0.500. The van der Waals surface area contributed by atoms with Gasteiger partial charge in [0.05, 0.1) is 6.61 Å². The van der Waals surface area contributed by atoms with Crippen molar-refractivity contribution in [3.05, 3.63) is 46.6 Å². The zero-order valence-electron chi connectivity index (χ0n) is 12.3. The number of ether oxygens (including phenoxy) is 1. The van der Waals surface area contributed by atoms with Gasteiger partial charge in [-0.05, 0) is 30.5 Å². The van der Waals surface area contributed by atoms with Crippen molar-refractivity contribution >= 4 is 11.6 Å². The van der Waals surface area contributed by atoms with Crippen molar-refractivity contribution in [2.45, 2.75) is 38.0 Å². The Morgan fingerprint density at radius 1 is 1.38 bits per heavy atom. The molecule has 2 heterocycles. The van der Waals surface area contributed by atoms with E-state index < -0.39 is 0 Å². The summed E-state index contributed by atoms with van der Waals surface area (Å²) in [7, 11) is 0. The molecule has 4 nitrogen and oxygen atoms in total. The zero-order chi connectivity index (χ0) is 14.9. The highest BCUT2D eigenvalue weighted by molar-refractivity contribution is 6.30. The number of rotatable bonds is 4. The molecule has 1 aliphatic rings. The summed E-state index contributed by atoms with van der Waals surface area (Å²) >= 11 is 6.04. The molecule has 1 saturated heterocycles. The highest BCUT2D eigenvalue weighted by Gasteiger charge is 2.30. The molecule has 1 aromatic carbocycles. The molecular weight excluding hydrogens is 288 g/mol. The molecular formula is C16H19ClN2O2. The third-order valence-corrected chi connectivity index (χ3v) is 4.09. The Morgan fingerprint density at radius 3 is 2.95 bits per heavy atom. The van der Waals surface area contributed by atoms with E-state index in [1.54, 1.807) is 0 Å². The summed E-state index contributed by atoms with van der Waals surface area (Å²) in [6, 6.07) is 7.88. The molecule has 5 heteroatoms. The second-order valence-corrected chi connectivity index (χ2v) is 6.65. The van der Waals surface area contributed by atoms with E-state index >= 15 is 0 Å². The highest BCUT2D eigenvalue weighted by atomic mass is 35.5. The van der Waals surface area contributed by atoms with Crippen LogP contribution in [0.5, 0.6) is 0 Å². The standard InChI is InChI=1S/C16H19ClN2O2/c1-16(2,9-11-4-3-5-13(17)8-11)15-18-14(19-21-15)12-6-7-20-10-12/h3-5,8,12H,6-7,9-10H2,1-2H3/t12-/m1/s1. The summed E-state index contributed by atoms with van der Waals surface area (Å²) in [5, 5.41) is 4.88. The number of benzene rings is 1. The predicted octanol–water partition coefficient (Wildman–Crippen LogP) is 3.75. The van der Waals surface area contributed by atoms with Gasteiger partial charge in [0.2, 0.25) is 5.89 Å². The topological polar surface area (TPSA) is 48.2 Å². The van der Waals surface area contributed by atoms with Gasteiger partial charge in [0.1, 0.15) is 0 Å². The Labute approximate surface area is 129 Å². The van der Waals surface area contributed by atoms with E-state index in [0.717, 1.165) is 35.9 Å². The first-order chi connectivity index (χ1) is 10.0. The Bertz CT molecular complexity index is 618. The van der Waals surface area contributed by atoms with Crippen LogP contribution in [0.4, 0.5) is 0 Å². The average Bonchev–Trinajstić information content (AvgIpc) is 3.10. The van der Waals surface area contributed by atoms with Gasteiger partial charge >= 0.3 is 0 Å². The first-order valence-corrected chi connectivity index (χ1v) is 7.59. The van der Waals surface area contributed by atoms with Crippen LogP contribution in [0.3, 0.4) is 0 Å². The van der Waals surface area contributed by atoms with E-state index in [1.807, 2.05) is 18.2 Å². The van der Waals surface area contributed by atoms with Crippen molar-refractivity contribution in [2.75, 3.05) is 13.2 Å². The third kappa shape index (κ3) is 3.27. The summed E-state index contributed by atoms with van der Waals surface area (Å²) in [6.07, 6.45) is 1.77. The Kier molecular flexibility index (Phi) is 4.00. The van der Waals surface area contributed by atoms with Gasteiger partial charge in [-0.3, -0.25) is 0 Å². The molecule has 0 saturated carbocycles. The molecule has 3 rings (SSSR count). The van der Waals surface area contributed by atoms with Crippen molar-refractivity contribution < 1.29 is 9.26 Å². The molecule has 1 atom stereocenters. The summed E-state index contributed by atoms with van der Waals surface area (Å²) in [6.45, 7) is 5.68. The molecule has 0 spiro atoms. The van der Waals surface area contributed by atoms with Gasteiger partial charge < -0.3 is 9.26 Å². The number of hydrogen-bond acceptors (Lipinski definition) is 4. The van der Waals surface area contributed by atoms with Gasteiger partial charge in [-0.15, -0.1) is 0 Å². The van der Waals surface area contributed by atoms with Crippen LogP contribution in [0.25, 0.3) is 0 Å². The van der Waals surface area contributed by atoms with E-state index in [4.69, 9.17) is 20.9 Å².